The monoisotopic (exact) mass is 414 g/mol. The Morgan fingerprint density at radius 3 is 2.72 bits per heavy atom. The van der Waals surface area contributed by atoms with Crippen LogP contribution in [0.3, 0.4) is 0 Å². The summed E-state index contributed by atoms with van der Waals surface area (Å²) in [6.45, 7) is 4.91. The number of likely N-dealkylation sites (N-methyl/N-ethyl adjacent to an activating group) is 1. The fourth-order valence-electron chi connectivity index (χ4n) is 2.73. The van der Waals surface area contributed by atoms with E-state index in [2.05, 4.69) is 47.7 Å². The van der Waals surface area contributed by atoms with Crippen LogP contribution in [0.2, 0.25) is 0 Å². The maximum Gasteiger partial charge on any atom is 0.378 e. The number of carbonyl (C=O) groups excluding carboxylic acids is 1. The number of hydrogen-bond acceptors (Lipinski definition) is 5. The van der Waals surface area contributed by atoms with E-state index in [1.165, 1.54) is 0 Å². The zero-order chi connectivity index (χ0) is 18.0. The Labute approximate surface area is 151 Å². The van der Waals surface area contributed by atoms with Gasteiger partial charge >= 0.3 is 10.7 Å². The zero-order valence-corrected chi connectivity index (χ0v) is 15.1. The molecular weight excluding hydrogens is 398 g/mol. The van der Waals surface area contributed by atoms with E-state index in [4.69, 9.17) is 0 Å². The molecule has 0 radical (unpaired) electrons. The van der Waals surface area contributed by atoms with Crippen molar-refractivity contribution in [3.8, 4) is 11.4 Å². The maximum absolute atomic E-state index is 13.1. The van der Waals surface area contributed by atoms with Crippen LogP contribution in [0.1, 0.15) is 29.6 Å². The van der Waals surface area contributed by atoms with Gasteiger partial charge in [-0.3, -0.25) is 4.79 Å². The van der Waals surface area contributed by atoms with E-state index in [9.17, 15) is 13.6 Å². The molecule has 25 heavy (non-hydrogen) atoms. The lowest BCUT2D eigenvalue weighted by Gasteiger charge is -2.14. The van der Waals surface area contributed by atoms with Gasteiger partial charge in [0, 0.05) is 46.2 Å². The van der Waals surface area contributed by atoms with Crippen LogP contribution in [0, 0.1) is 0 Å². The van der Waals surface area contributed by atoms with Crippen molar-refractivity contribution in [3.63, 3.8) is 0 Å². The van der Waals surface area contributed by atoms with Crippen molar-refractivity contribution < 1.29 is 18.1 Å². The number of benzene rings is 1. The van der Waals surface area contributed by atoms with Crippen LogP contribution in [0.15, 0.2) is 28.8 Å². The van der Waals surface area contributed by atoms with E-state index < -0.39 is 10.7 Å². The van der Waals surface area contributed by atoms with Crippen molar-refractivity contribution in [1.82, 2.24) is 20.4 Å². The zero-order valence-electron chi connectivity index (χ0n) is 13.5. The minimum absolute atomic E-state index is 0.0375. The van der Waals surface area contributed by atoms with Crippen molar-refractivity contribution in [2.45, 2.75) is 24.2 Å². The fraction of sp³-hybridized carbons (Fsp3) is 0.438. The number of alkyl halides is 3. The van der Waals surface area contributed by atoms with E-state index in [-0.39, 0.29) is 17.8 Å². The second-order valence-electron chi connectivity index (χ2n) is 5.85. The van der Waals surface area contributed by atoms with Gasteiger partial charge in [0.2, 0.25) is 5.82 Å². The highest BCUT2D eigenvalue weighted by Crippen LogP contribution is 2.34. The minimum atomic E-state index is -3.37. The Morgan fingerprint density at radius 1 is 1.44 bits per heavy atom. The van der Waals surface area contributed by atoms with Gasteiger partial charge in [-0.2, -0.15) is 13.8 Å². The summed E-state index contributed by atoms with van der Waals surface area (Å²) in [5.41, 5.74) is 0.981. The third-order valence-electron chi connectivity index (χ3n) is 4.13. The van der Waals surface area contributed by atoms with Gasteiger partial charge in [0.05, 0.1) is 0 Å². The average molecular weight is 415 g/mol. The SMILES string of the molecule is CCN1CCC(NC(=O)c2ccc(-c3noc(C(F)(F)Br)n3)cc2)C1. The van der Waals surface area contributed by atoms with Crippen LogP contribution in [-0.4, -0.2) is 46.6 Å². The molecule has 1 aromatic carbocycles. The molecular formula is C16H17BrF2N4O2. The van der Waals surface area contributed by atoms with E-state index in [1.807, 2.05) is 0 Å². The largest absolute Gasteiger partial charge is 0.378 e. The number of halogens is 3. The highest BCUT2D eigenvalue weighted by molar-refractivity contribution is 9.09. The van der Waals surface area contributed by atoms with Gasteiger partial charge in [0.1, 0.15) is 0 Å². The molecule has 1 saturated heterocycles. The normalized spacial score (nSPS) is 18.5. The summed E-state index contributed by atoms with van der Waals surface area (Å²) in [4.78, 5) is 14.9. The topological polar surface area (TPSA) is 71.3 Å². The summed E-state index contributed by atoms with van der Waals surface area (Å²) in [6, 6.07) is 6.57. The molecule has 1 amide bonds. The van der Waals surface area contributed by atoms with Crippen LogP contribution in [-0.2, 0) is 4.83 Å². The summed E-state index contributed by atoms with van der Waals surface area (Å²) in [7, 11) is 0. The first-order chi connectivity index (χ1) is 11.9. The first kappa shape index (κ1) is 17.9. The van der Waals surface area contributed by atoms with Crippen molar-refractivity contribution in [2.24, 2.45) is 0 Å². The number of nitrogens with one attached hydrogen (secondary N) is 1. The van der Waals surface area contributed by atoms with E-state index >= 15 is 0 Å². The Hall–Kier alpha value is -1.87. The van der Waals surface area contributed by atoms with Gasteiger partial charge in [-0.25, -0.2) is 0 Å². The minimum Gasteiger partial charge on any atom is -0.348 e. The third kappa shape index (κ3) is 4.21. The molecule has 0 saturated carbocycles. The van der Waals surface area contributed by atoms with Crippen LogP contribution in [0.25, 0.3) is 11.4 Å². The lowest BCUT2D eigenvalue weighted by molar-refractivity contribution is 0.0725. The molecule has 1 aromatic heterocycles. The molecule has 1 aliphatic rings. The Balaban J connectivity index is 1.66. The second-order valence-corrected chi connectivity index (χ2v) is 6.85. The molecule has 2 aromatic rings. The van der Waals surface area contributed by atoms with Crippen LogP contribution < -0.4 is 5.32 Å². The summed E-state index contributed by atoms with van der Waals surface area (Å²) in [6.07, 6.45) is 0.935. The summed E-state index contributed by atoms with van der Waals surface area (Å²) >= 11 is 2.17. The van der Waals surface area contributed by atoms with Gasteiger partial charge in [0.15, 0.2) is 0 Å². The number of hydrogen-bond donors (Lipinski definition) is 1. The van der Waals surface area contributed by atoms with Crippen molar-refractivity contribution in [1.29, 1.82) is 0 Å². The van der Waals surface area contributed by atoms with Gasteiger partial charge in [0.25, 0.3) is 5.91 Å². The fourth-order valence-corrected chi connectivity index (χ4v) is 2.89. The average Bonchev–Trinajstić information content (AvgIpc) is 3.24. The molecule has 9 heteroatoms. The van der Waals surface area contributed by atoms with E-state index in [0.29, 0.717) is 11.1 Å². The number of carbonyl (C=O) groups is 1. The molecule has 2 heterocycles. The highest BCUT2D eigenvalue weighted by Gasteiger charge is 2.35. The first-order valence-corrected chi connectivity index (χ1v) is 8.70. The number of aromatic nitrogens is 2. The molecule has 1 N–H and O–H groups in total. The van der Waals surface area contributed by atoms with Crippen molar-refractivity contribution >= 4 is 21.8 Å². The number of amides is 1. The highest BCUT2D eigenvalue weighted by atomic mass is 79.9. The molecule has 134 valence electrons. The van der Waals surface area contributed by atoms with Crippen LogP contribution in [0.5, 0.6) is 0 Å². The second kappa shape index (κ2) is 7.17. The van der Waals surface area contributed by atoms with Gasteiger partial charge < -0.3 is 14.7 Å². The van der Waals surface area contributed by atoms with Gasteiger partial charge in [-0.15, -0.1) is 0 Å². The summed E-state index contributed by atoms with van der Waals surface area (Å²) < 4.78 is 30.7. The lowest BCUT2D eigenvalue weighted by atomic mass is 10.1. The Morgan fingerprint density at radius 2 is 2.16 bits per heavy atom. The van der Waals surface area contributed by atoms with Crippen LogP contribution in [0.4, 0.5) is 8.78 Å². The quantitative estimate of drug-likeness (QED) is 0.761. The Kier molecular flexibility index (Phi) is 5.14. The number of nitrogens with zero attached hydrogens (tertiary/aromatic N) is 3. The van der Waals surface area contributed by atoms with Gasteiger partial charge in [-0.05, 0) is 25.1 Å². The van der Waals surface area contributed by atoms with Crippen LogP contribution >= 0.6 is 15.9 Å². The molecule has 3 rings (SSSR count). The molecule has 1 aliphatic heterocycles. The van der Waals surface area contributed by atoms with E-state index in [0.717, 1.165) is 26.1 Å². The molecule has 0 spiro atoms. The summed E-state index contributed by atoms with van der Waals surface area (Å²) in [5.74, 6) is -0.934. The molecule has 1 fully saturated rings. The van der Waals surface area contributed by atoms with Gasteiger partial charge in [-0.1, -0.05) is 24.2 Å². The first-order valence-electron chi connectivity index (χ1n) is 7.91. The molecule has 1 unspecified atom stereocenters. The standard InChI is InChI=1S/C16H17BrF2N4O2/c1-2-23-8-7-12(9-23)20-14(24)11-5-3-10(4-6-11)13-21-15(25-22-13)16(17,18)19/h3-6,12H,2,7-9H2,1H3,(H,20,24). The van der Waals surface area contributed by atoms with E-state index in [1.54, 1.807) is 24.3 Å². The molecule has 0 aliphatic carbocycles. The van der Waals surface area contributed by atoms with Crippen molar-refractivity contribution in [3.05, 3.63) is 35.7 Å². The van der Waals surface area contributed by atoms with Crippen molar-refractivity contribution in [2.75, 3.05) is 19.6 Å². The Bertz CT molecular complexity index is 745. The predicted octanol–water partition coefficient (Wildman–Crippen LogP) is 3.00. The predicted molar refractivity (Wildman–Crippen MR) is 90.5 cm³/mol. The molecule has 0 bridgehead atoms. The third-order valence-corrected chi connectivity index (χ3v) is 4.47. The molecule has 1 atom stereocenters. The lowest BCUT2D eigenvalue weighted by Crippen LogP contribution is -2.37. The number of rotatable bonds is 5. The smallest absolute Gasteiger partial charge is 0.348 e. The maximum atomic E-state index is 13.1. The summed E-state index contributed by atoms with van der Waals surface area (Å²) in [5, 5.41) is 6.53. The number of likely N-dealkylation sites (tertiary alicyclic amines) is 1. The molecule has 6 nitrogen and oxygen atoms in total.